The minimum Gasteiger partial charge on any atom is -0.276 e. The summed E-state index contributed by atoms with van der Waals surface area (Å²) >= 11 is 2.36. The minimum absolute atomic E-state index is 1.13. The van der Waals surface area contributed by atoms with E-state index in [0.717, 1.165) is 6.42 Å². The molecule has 0 aromatic carbocycles. The molecule has 1 aromatic rings. The van der Waals surface area contributed by atoms with Crippen LogP contribution in [0.3, 0.4) is 0 Å². The Bertz CT molecular complexity index is 183. The zero-order valence-electron chi connectivity index (χ0n) is 5.34. The maximum Gasteiger partial charge on any atom is 0.0521 e. The van der Waals surface area contributed by atoms with Gasteiger partial charge < -0.3 is 0 Å². The quantitative estimate of drug-likeness (QED) is 0.560. The summed E-state index contributed by atoms with van der Waals surface area (Å²) in [4.78, 5) is 0. The standard InChI is InChI=1S/C6H9IN2/c1-9-5-6(2-3-7)4-8-9/h4-5H,2-3H2,1H3. The van der Waals surface area contributed by atoms with E-state index in [4.69, 9.17) is 0 Å². The third-order valence-electron chi connectivity index (χ3n) is 1.14. The molecule has 9 heavy (non-hydrogen) atoms. The zero-order valence-corrected chi connectivity index (χ0v) is 7.50. The second-order valence-electron chi connectivity index (χ2n) is 1.96. The largest absolute Gasteiger partial charge is 0.276 e. The van der Waals surface area contributed by atoms with Gasteiger partial charge in [-0.05, 0) is 12.0 Å². The number of nitrogens with zero attached hydrogens (tertiary/aromatic N) is 2. The van der Waals surface area contributed by atoms with Crippen LogP contribution in [0.2, 0.25) is 0 Å². The van der Waals surface area contributed by atoms with Gasteiger partial charge >= 0.3 is 0 Å². The molecule has 0 aliphatic carbocycles. The molecule has 2 nitrogen and oxygen atoms in total. The van der Waals surface area contributed by atoms with Crippen molar-refractivity contribution in [2.75, 3.05) is 4.43 Å². The topological polar surface area (TPSA) is 17.8 Å². The lowest BCUT2D eigenvalue weighted by atomic mass is 10.3. The second kappa shape index (κ2) is 3.20. The highest BCUT2D eigenvalue weighted by Crippen LogP contribution is 1.99. The fourth-order valence-corrected chi connectivity index (χ4v) is 1.33. The van der Waals surface area contributed by atoms with Gasteiger partial charge in [0.25, 0.3) is 0 Å². The molecular weight excluding hydrogens is 227 g/mol. The summed E-state index contributed by atoms with van der Waals surface area (Å²) in [5.41, 5.74) is 1.33. The summed E-state index contributed by atoms with van der Waals surface area (Å²) in [5.74, 6) is 0. The van der Waals surface area contributed by atoms with Crippen LogP contribution in [0.1, 0.15) is 5.56 Å². The van der Waals surface area contributed by atoms with E-state index in [1.807, 2.05) is 17.9 Å². The fraction of sp³-hybridized carbons (Fsp3) is 0.500. The molecule has 3 heteroatoms. The predicted octanol–water partition coefficient (Wildman–Crippen LogP) is 1.40. The van der Waals surface area contributed by atoms with Crippen molar-refractivity contribution < 1.29 is 0 Å². The van der Waals surface area contributed by atoms with Crippen molar-refractivity contribution in [2.45, 2.75) is 6.42 Å². The molecule has 0 saturated heterocycles. The van der Waals surface area contributed by atoms with Gasteiger partial charge in [0.2, 0.25) is 0 Å². The molecule has 0 amide bonds. The van der Waals surface area contributed by atoms with Gasteiger partial charge in [-0.1, -0.05) is 22.6 Å². The van der Waals surface area contributed by atoms with Crippen LogP contribution in [-0.4, -0.2) is 14.2 Å². The number of halogens is 1. The van der Waals surface area contributed by atoms with Crippen LogP contribution in [0.15, 0.2) is 12.4 Å². The molecule has 1 rings (SSSR count). The van der Waals surface area contributed by atoms with Crippen LogP contribution in [0.4, 0.5) is 0 Å². The number of hydrogen-bond donors (Lipinski definition) is 0. The summed E-state index contributed by atoms with van der Waals surface area (Å²) in [6, 6.07) is 0. The maximum absolute atomic E-state index is 4.05. The lowest BCUT2D eigenvalue weighted by Gasteiger charge is -1.85. The molecule has 0 aliphatic heterocycles. The van der Waals surface area contributed by atoms with Crippen molar-refractivity contribution in [3.8, 4) is 0 Å². The average Bonchev–Trinajstić information content (AvgIpc) is 2.17. The highest BCUT2D eigenvalue weighted by molar-refractivity contribution is 14.1. The first-order chi connectivity index (χ1) is 4.33. The van der Waals surface area contributed by atoms with E-state index in [1.54, 1.807) is 0 Å². The zero-order chi connectivity index (χ0) is 6.69. The van der Waals surface area contributed by atoms with Crippen LogP contribution in [-0.2, 0) is 13.5 Å². The summed E-state index contributed by atoms with van der Waals surface area (Å²) in [6.07, 6.45) is 5.10. The second-order valence-corrected chi connectivity index (χ2v) is 3.04. The number of rotatable bonds is 2. The first-order valence-electron chi connectivity index (χ1n) is 2.86. The SMILES string of the molecule is Cn1cc(CCI)cn1. The summed E-state index contributed by atoms with van der Waals surface area (Å²) in [5, 5.41) is 4.05. The molecular formula is C6H9IN2. The Morgan fingerprint density at radius 1 is 1.78 bits per heavy atom. The first-order valence-corrected chi connectivity index (χ1v) is 4.39. The van der Waals surface area contributed by atoms with Gasteiger partial charge in [-0.2, -0.15) is 5.10 Å². The van der Waals surface area contributed by atoms with Crippen LogP contribution in [0, 0.1) is 0 Å². The molecule has 0 fully saturated rings. The molecule has 1 aromatic heterocycles. The van der Waals surface area contributed by atoms with Gasteiger partial charge in [-0.25, -0.2) is 0 Å². The molecule has 1 heterocycles. The number of hydrogen-bond acceptors (Lipinski definition) is 1. The van der Waals surface area contributed by atoms with Crippen molar-refractivity contribution in [3.05, 3.63) is 18.0 Å². The van der Waals surface area contributed by atoms with E-state index in [-0.39, 0.29) is 0 Å². The molecule has 0 spiro atoms. The third-order valence-corrected chi connectivity index (χ3v) is 1.68. The highest BCUT2D eigenvalue weighted by atomic mass is 127. The molecule has 0 unspecified atom stereocenters. The normalized spacial score (nSPS) is 10.0. The number of aryl methyl sites for hydroxylation is 2. The molecule has 50 valence electrons. The molecule has 0 aliphatic rings. The monoisotopic (exact) mass is 236 g/mol. The Kier molecular flexibility index (Phi) is 2.50. The molecule has 0 saturated carbocycles. The van der Waals surface area contributed by atoms with E-state index in [9.17, 15) is 0 Å². The Hall–Kier alpha value is -0.0600. The maximum atomic E-state index is 4.05. The third kappa shape index (κ3) is 1.97. The van der Waals surface area contributed by atoms with Gasteiger partial charge in [0.05, 0.1) is 6.20 Å². The molecule has 0 N–H and O–H groups in total. The molecule has 0 radical (unpaired) electrons. The lowest BCUT2D eigenvalue weighted by Crippen LogP contribution is -1.85. The minimum atomic E-state index is 1.13. The predicted molar refractivity (Wildman–Crippen MR) is 45.8 cm³/mol. The number of alkyl halides is 1. The van der Waals surface area contributed by atoms with Crippen molar-refractivity contribution in [1.29, 1.82) is 0 Å². The van der Waals surface area contributed by atoms with Crippen LogP contribution >= 0.6 is 22.6 Å². The summed E-state index contributed by atoms with van der Waals surface area (Å²) < 4.78 is 3.01. The van der Waals surface area contributed by atoms with Gasteiger partial charge in [0, 0.05) is 17.7 Å². The van der Waals surface area contributed by atoms with Gasteiger partial charge in [-0.3, -0.25) is 4.68 Å². The Labute approximate surface area is 68.4 Å². The van der Waals surface area contributed by atoms with E-state index in [2.05, 4.69) is 33.9 Å². The van der Waals surface area contributed by atoms with Crippen LogP contribution in [0.5, 0.6) is 0 Å². The van der Waals surface area contributed by atoms with E-state index < -0.39 is 0 Å². The summed E-state index contributed by atoms with van der Waals surface area (Å²) in [7, 11) is 1.94. The Morgan fingerprint density at radius 2 is 2.56 bits per heavy atom. The highest BCUT2D eigenvalue weighted by Gasteiger charge is 1.91. The lowest BCUT2D eigenvalue weighted by molar-refractivity contribution is 0.767. The Morgan fingerprint density at radius 3 is 3.00 bits per heavy atom. The van der Waals surface area contributed by atoms with Gasteiger partial charge in [-0.15, -0.1) is 0 Å². The van der Waals surface area contributed by atoms with Crippen LogP contribution < -0.4 is 0 Å². The van der Waals surface area contributed by atoms with Gasteiger partial charge in [0.1, 0.15) is 0 Å². The summed E-state index contributed by atoms with van der Waals surface area (Å²) in [6.45, 7) is 0. The van der Waals surface area contributed by atoms with E-state index >= 15 is 0 Å². The van der Waals surface area contributed by atoms with Crippen molar-refractivity contribution >= 4 is 22.6 Å². The first kappa shape index (κ1) is 7.05. The number of aromatic nitrogens is 2. The van der Waals surface area contributed by atoms with Crippen LogP contribution in [0.25, 0.3) is 0 Å². The van der Waals surface area contributed by atoms with Crippen molar-refractivity contribution in [2.24, 2.45) is 7.05 Å². The smallest absolute Gasteiger partial charge is 0.0521 e. The van der Waals surface area contributed by atoms with E-state index in [1.165, 1.54) is 9.99 Å². The Balaban J connectivity index is 2.61. The van der Waals surface area contributed by atoms with Gasteiger partial charge in [0.15, 0.2) is 0 Å². The van der Waals surface area contributed by atoms with Crippen molar-refractivity contribution in [3.63, 3.8) is 0 Å². The average molecular weight is 236 g/mol. The van der Waals surface area contributed by atoms with Crippen molar-refractivity contribution in [1.82, 2.24) is 9.78 Å². The molecule has 0 bridgehead atoms. The fourth-order valence-electron chi connectivity index (χ4n) is 0.710. The molecule has 0 atom stereocenters. The van der Waals surface area contributed by atoms with E-state index in [0.29, 0.717) is 0 Å².